The van der Waals surface area contributed by atoms with E-state index in [-0.39, 0.29) is 23.8 Å². The molecule has 1 atom stereocenters. The number of nitrogens with two attached hydrogens (primary N) is 1. The molecule has 1 heterocycles. The Morgan fingerprint density at radius 2 is 1.80 bits per heavy atom. The number of hydrogen-bond donors (Lipinski definition) is 1. The molecule has 0 saturated carbocycles. The van der Waals surface area contributed by atoms with Crippen LogP contribution < -0.4 is 20.1 Å². The van der Waals surface area contributed by atoms with Gasteiger partial charge in [-0.1, -0.05) is 40.9 Å². The molecule has 5 rings (SSSR count). The maximum atomic E-state index is 13.5. The van der Waals surface area contributed by atoms with E-state index in [4.69, 9.17) is 50.0 Å². The van der Waals surface area contributed by atoms with Crippen molar-refractivity contribution < 1.29 is 14.3 Å². The summed E-state index contributed by atoms with van der Waals surface area (Å²) in [7, 11) is 1.59. The Labute approximate surface area is 248 Å². The second kappa shape index (κ2) is 11.5. The van der Waals surface area contributed by atoms with Crippen molar-refractivity contribution >= 4 is 46.3 Å². The topological polar surface area (TPSA) is 88.6 Å². The lowest BCUT2D eigenvalue weighted by Crippen LogP contribution is -2.38. The lowest BCUT2D eigenvalue weighted by molar-refractivity contribution is -0.116. The summed E-state index contributed by atoms with van der Waals surface area (Å²) in [5.74, 6) is 0.904. The highest BCUT2D eigenvalue weighted by atomic mass is 35.5. The lowest BCUT2D eigenvalue weighted by atomic mass is 9.75. The monoisotopic (exact) mass is 593 g/mol. The van der Waals surface area contributed by atoms with Crippen molar-refractivity contribution in [3.63, 3.8) is 0 Å². The molecule has 3 aromatic rings. The zero-order valence-corrected chi connectivity index (χ0v) is 24.2. The number of anilines is 1. The van der Waals surface area contributed by atoms with Gasteiger partial charge >= 0.3 is 0 Å². The Morgan fingerprint density at radius 1 is 1.02 bits per heavy atom. The van der Waals surface area contributed by atoms with E-state index in [1.54, 1.807) is 42.3 Å². The molecule has 0 radical (unpaired) electrons. The number of nitrogens with zero attached hydrogens (tertiary/aromatic N) is 2. The summed E-state index contributed by atoms with van der Waals surface area (Å²) in [6, 6.07) is 18.5. The fraction of sp³-hybridized carbons (Fsp3) is 0.226. The molecule has 6 nitrogen and oxygen atoms in total. The number of ketones is 1. The van der Waals surface area contributed by atoms with Crippen molar-refractivity contribution in [2.75, 3.05) is 12.0 Å². The van der Waals surface area contributed by atoms with E-state index in [1.807, 2.05) is 31.2 Å². The smallest absolute Gasteiger partial charge is 0.161 e. The van der Waals surface area contributed by atoms with Gasteiger partial charge in [0.05, 0.1) is 34.7 Å². The molecule has 0 amide bonds. The molecule has 0 spiro atoms. The molecule has 9 heteroatoms. The minimum atomic E-state index is -0.630. The van der Waals surface area contributed by atoms with Crippen molar-refractivity contribution in [3.8, 4) is 17.6 Å². The third-order valence-electron chi connectivity index (χ3n) is 7.24. The first kappa shape index (κ1) is 27.9. The first-order chi connectivity index (χ1) is 19.2. The van der Waals surface area contributed by atoms with Crippen LogP contribution in [0.25, 0.3) is 0 Å². The van der Waals surface area contributed by atoms with Crippen LogP contribution in [0.1, 0.15) is 41.9 Å². The van der Waals surface area contributed by atoms with Gasteiger partial charge in [0.1, 0.15) is 23.9 Å². The maximum Gasteiger partial charge on any atom is 0.161 e. The summed E-state index contributed by atoms with van der Waals surface area (Å²) >= 11 is 18.6. The van der Waals surface area contributed by atoms with Gasteiger partial charge in [0.15, 0.2) is 5.78 Å². The van der Waals surface area contributed by atoms with Crippen LogP contribution in [0.15, 0.2) is 77.3 Å². The zero-order chi connectivity index (χ0) is 28.6. The minimum absolute atomic E-state index is 0.0122. The molecule has 2 N–H and O–H groups in total. The number of aryl methyl sites for hydroxylation is 1. The van der Waals surface area contributed by atoms with E-state index in [0.717, 1.165) is 22.4 Å². The minimum Gasteiger partial charge on any atom is -0.496 e. The van der Waals surface area contributed by atoms with Gasteiger partial charge in [-0.25, -0.2) is 0 Å². The summed E-state index contributed by atoms with van der Waals surface area (Å²) < 4.78 is 11.7. The van der Waals surface area contributed by atoms with Gasteiger partial charge in [0.25, 0.3) is 0 Å². The molecule has 0 bridgehead atoms. The van der Waals surface area contributed by atoms with Crippen LogP contribution in [0.5, 0.6) is 11.5 Å². The SMILES string of the molecule is COc1ccc([C@@H]2C(C#N)=C(N)N(c3ccc(Cl)c(Cl)c3)C3=C2C(=O)CCC3)cc1COc1ccc(Cl)c(C)c1. The van der Waals surface area contributed by atoms with E-state index in [0.29, 0.717) is 57.1 Å². The van der Waals surface area contributed by atoms with Gasteiger partial charge < -0.3 is 15.2 Å². The van der Waals surface area contributed by atoms with Crippen molar-refractivity contribution in [2.45, 2.75) is 38.7 Å². The quantitative estimate of drug-likeness (QED) is 0.313. The predicted octanol–water partition coefficient (Wildman–Crippen LogP) is 7.85. The van der Waals surface area contributed by atoms with Gasteiger partial charge in [0.2, 0.25) is 0 Å². The normalized spacial score (nSPS) is 17.1. The van der Waals surface area contributed by atoms with Gasteiger partial charge in [-0.05, 0) is 79.4 Å². The number of carbonyl (C=O) groups excluding carboxylic acids is 1. The van der Waals surface area contributed by atoms with Gasteiger partial charge in [-0.15, -0.1) is 0 Å². The van der Waals surface area contributed by atoms with Crippen molar-refractivity contribution in [2.24, 2.45) is 5.73 Å². The van der Waals surface area contributed by atoms with Crippen molar-refractivity contribution in [1.82, 2.24) is 0 Å². The van der Waals surface area contributed by atoms with Crippen LogP contribution in [-0.4, -0.2) is 12.9 Å². The number of nitriles is 1. The molecule has 0 fully saturated rings. The fourth-order valence-corrected chi connectivity index (χ4v) is 5.71. The standard InChI is InChI=1S/C31H26Cl3N3O3/c1-17-12-21(8-10-23(17)32)40-16-19-13-18(6-11-28(19)39-2)29-22(15-35)31(36)37(20-7-9-24(33)25(34)14-20)26-4-3-5-27(38)30(26)29/h6-14,29H,3-5,16,36H2,1-2H3/t29-/m1/s1. The number of benzene rings is 3. The largest absolute Gasteiger partial charge is 0.496 e. The summed E-state index contributed by atoms with van der Waals surface area (Å²) in [4.78, 5) is 15.3. The van der Waals surface area contributed by atoms with Crippen LogP contribution >= 0.6 is 34.8 Å². The molecule has 3 aromatic carbocycles. The lowest BCUT2D eigenvalue weighted by Gasteiger charge is -2.39. The van der Waals surface area contributed by atoms with E-state index < -0.39 is 5.92 Å². The number of Topliss-reactive ketones (excluding diaryl/α,β-unsaturated/α-hetero) is 1. The Bertz CT molecular complexity index is 1620. The van der Waals surface area contributed by atoms with Crippen molar-refractivity contribution in [3.05, 3.63) is 109 Å². The van der Waals surface area contributed by atoms with Crippen molar-refractivity contribution in [1.29, 1.82) is 5.26 Å². The molecule has 0 saturated heterocycles. The first-order valence-corrected chi connectivity index (χ1v) is 13.8. The van der Waals surface area contributed by atoms with Crippen LogP contribution in [-0.2, 0) is 11.4 Å². The number of allylic oxidation sites excluding steroid dienone is 3. The van der Waals surface area contributed by atoms with Gasteiger partial charge in [-0.2, -0.15) is 5.26 Å². The second-order valence-electron chi connectivity index (χ2n) is 9.69. The molecular formula is C31H26Cl3N3O3. The van der Waals surface area contributed by atoms with Gasteiger partial charge in [-0.3, -0.25) is 9.69 Å². The predicted molar refractivity (Wildman–Crippen MR) is 158 cm³/mol. The van der Waals surface area contributed by atoms with Crippen LogP contribution in [0.4, 0.5) is 5.69 Å². The van der Waals surface area contributed by atoms with Gasteiger partial charge in [0, 0.05) is 34.0 Å². The third-order valence-corrected chi connectivity index (χ3v) is 8.40. The highest BCUT2D eigenvalue weighted by Crippen LogP contribution is 2.47. The Balaban J connectivity index is 1.60. The van der Waals surface area contributed by atoms with E-state index in [9.17, 15) is 10.1 Å². The Kier molecular flexibility index (Phi) is 8.00. The molecule has 1 aliphatic heterocycles. The molecule has 204 valence electrons. The Morgan fingerprint density at radius 3 is 2.50 bits per heavy atom. The molecule has 1 aliphatic carbocycles. The summed E-state index contributed by atoms with van der Waals surface area (Å²) in [5, 5.41) is 11.8. The zero-order valence-electron chi connectivity index (χ0n) is 21.9. The van der Waals surface area contributed by atoms with Crippen LogP contribution in [0.3, 0.4) is 0 Å². The highest BCUT2D eigenvalue weighted by molar-refractivity contribution is 6.42. The van der Waals surface area contributed by atoms with Crippen LogP contribution in [0.2, 0.25) is 15.1 Å². The summed E-state index contributed by atoms with van der Waals surface area (Å²) in [6.45, 7) is 2.12. The van der Waals surface area contributed by atoms with E-state index in [2.05, 4.69) is 6.07 Å². The number of rotatable bonds is 6. The number of halogens is 3. The molecule has 0 unspecified atom stereocenters. The average molecular weight is 595 g/mol. The highest BCUT2D eigenvalue weighted by Gasteiger charge is 2.40. The number of carbonyl (C=O) groups is 1. The molecule has 2 aliphatic rings. The number of methoxy groups -OCH3 is 1. The Hall–Kier alpha value is -3.63. The summed E-state index contributed by atoms with van der Waals surface area (Å²) in [5.41, 5.74) is 11.4. The third kappa shape index (κ3) is 5.13. The summed E-state index contributed by atoms with van der Waals surface area (Å²) in [6.07, 6.45) is 1.70. The number of ether oxygens (including phenoxy) is 2. The fourth-order valence-electron chi connectivity index (χ4n) is 5.30. The maximum absolute atomic E-state index is 13.5. The first-order valence-electron chi connectivity index (χ1n) is 12.7. The van der Waals surface area contributed by atoms with Crippen LogP contribution in [0, 0.1) is 18.3 Å². The molecular weight excluding hydrogens is 569 g/mol. The molecule has 40 heavy (non-hydrogen) atoms. The number of hydrogen-bond acceptors (Lipinski definition) is 6. The molecule has 0 aromatic heterocycles. The average Bonchev–Trinajstić information content (AvgIpc) is 2.94. The van der Waals surface area contributed by atoms with E-state index >= 15 is 0 Å². The second-order valence-corrected chi connectivity index (χ2v) is 10.9. The van der Waals surface area contributed by atoms with E-state index in [1.165, 1.54) is 0 Å².